The van der Waals surface area contributed by atoms with Gasteiger partial charge in [0.05, 0.1) is 11.8 Å². The highest BCUT2D eigenvalue weighted by molar-refractivity contribution is 7.81. The number of nitrogens with one attached hydrogen (secondary N) is 1. The zero-order chi connectivity index (χ0) is 11.1. The van der Waals surface area contributed by atoms with Gasteiger partial charge in [-0.05, 0) is 20.8 Å². The zero-order valence-corrected chi connectivity index (χ0v) is 9.80. The number of hydrogen-bond donors (Lipinski definition) is 2. The summed E-state index contributed by atoms with van der Waals surface area (Å²) in [6.45, 7) is 6.62. The molecule has 0 bridgehead atoms. The number of carbonyl (C=O) groups is 2. The molecular formula is C9H18N2O2S. The van der Waals surface area contributed by atoms with Gasteiger partial charge < -0.3 is 10.2 Å². The summed E-state index contributed by atoms with van der Waals surface area (Å²) in [6.07, 6.45) is 0. The monoisotopic (exact) mass is 218 g/mol. The highest BCUT2D eigenvalue weighted by Crippen LogP contribution is 2.00. The van der Waals surface area contributed by atoms with Crippen molar-refractivity contribution in [3.8, 4) is 0 Å². The van der Waals surface area contributed by atoms with Crippen LogP contribution in [0.1, 0.15) is 20.8 Å². The summed E-state index contributed by atoms with van der Waals surface area (Å²) < 4.78 is 0. The van der Waals surface area contributed by atoms with Crippen LogP contribution in [-0.2, 0) is 9.59 Å². The molecule has 0 rings (SSSR count). The standard InChI is InChI=1S/C9H18N2O2S/c1-4-10-8(12)6-11(5-2)9(13)7(3)14/h7,14H,4-6H2,1-3H3,(H,10,12). The van der Waals surface area contributed by atoms with Gasteiger partial charge in [0.25, 0.3) is 0 Å². The molecule has 0 fully saturated rings. The van der Waals surface area contributed by atoms with Gasteiger partial charge in [-0.3, -0.25) is 9.59 Å². The first-order valence-electron chi connectivity index (χ1n) is 4.76. The maximum Gasteiger partial charge on any atom is 0.239 e. The molecule has 14 heavy (non-hydrogen) atoms. The van der Waals surface area contributed by atoms with Crippen LogP contribution in [0.15, 0.2) is 0 Å². The van der Waals surface area contributed by atoms with Crippen LogP contribution in [0.25, 0.3) is 0 Å². The quantitative estimate of drug-likeness (QED) is 0.652. The average Bonchev–Trinajstić information content (AvgIpc) is 2.13. The van der Waals surface area contributed by atoms with Gasteiger partial charge in [-0.15, -0.1) is 0 Å². The third-order valence-corrected chi connectivity index (χ3v) is 1.98. The molecule has 0 aliphatic carbocycles. The molecule has 1 N–H and O–H groups in total. The Balaban J connectivity index is 4.15. The predicted molar refractivity (Wildman–Crippen MR) is 59.4 cm³/mol. The molecule has 1 atom stereocenters. The van der Waals surface area contributed by atoms with Gasteiger partial charge in [0.2, 0.25) is 11.8 Å². The van der Waals surface area contributed by atoms with Gasteiger partial charge in [-0.25, -0.2) is 0 Å². The molecule has 0 spiro atoms. The van der Waals surface area contributed by atoms with E-state index in [1.807, 2.05) is 13.8 Å². The lowest BCUT2D eigenvalue weighted by atomic mass is 10.3. The van der Waals surface area contributed by atoms with E-state index in [1.165, 1.54) is 4.90 Å². The smallest absolute Gasteiger partial charge is 0.239 e. The van der Waals surface area contributed by atoms with Crippen LogP contribution in [0.2, 0.25) is 0 Å². The van der Waals surface area contributed by atoms with Gasteiger partial charge >= 0.3 is 0 Å². The maximum absolute atomic E-state index is 11.5. The Morgan fingerprint density at radius 2 is 2.00 bits per heavy atom. The van der Waals surface area contributed by atoms with Gasteiger partial charge in [0, 0.05) is 13.1 Å². The summed E-state index contributed by atoms with van der Waals surface area (Å²) in [5.74, 6) is -0.237. The maximum atomic E-state index is 11.5. The Morgan fingerprint density at radius 3 is 2.36 bits per heavy atom. The lowest BCUT2D eigenvalue weighted by Gasteiger charge is -2.21. The van der Waals surface area contributed by atoms with Crippen molar-refractivity contribution in [1.29, 1.82) is 0 Å². The van der Waals surface area contributed by atoms with Gasteiger partial charge in [-0.1, -0.05) is 0 Å². The molecule has 0 saturated heterocycles. The second-order valence-electron chi connectivity index (χ2n) is 2.98. The van der Waals surface area contributed by atoms with Crippen LogP contribution in [0, 0.1) is 0 Å². The highest BCUT2D eigenvalue weighted by Gasteiger charge is 2.18. The Morgan fingerprint density at radius 1 is 1.43 bits per heavy atom. The molecule has 2 amide bonds. The molecule has 4 nitrogen and oxygen atoms in total. The number of amides is 2. The molecule has 0 aliphatic rings. The van der Waals surface area contributed by atoms with Crippen LogP contribution < -0.4 is 5.32 Å². The summed E-state index contributed by atoms with van der Waals surface area (Å²) in [5, 5.41) is 2.29. The third kappa shape index (κ3) is 4.50. The van der Waals surface area contributed by atoms with Gasteiger partial charge in [-0.2, -0.15) is 12.6 Å². The molecule has 5 heteroatoms. The molecule has 0 aromatic carbocycles. The number of rotatable bonds is 5. The van der Waals surface area contributed by atoms with Gasteiger partial charge in [0.1, 0.15) is 0 Å². The van der Waals surface area contributed by atoms with Crippen molar-refractivity contribution in [2.45, 2.75) is 26.0 Å². The Bertz CT molecular complexity index is 207. The van der Waals surface area contributed by atoms with Crippen molar-refractivity contribution in [3.63, 3.8) is 0 Å². The van der Waals surface area contributed by atoms with Crippen molar-refractivity contribution in [2.75, 3.05) is 19.6 Å². The van der Waals surface area contributed by atoms with E-state index in [2.05, 4.69) is 17.9 Å². The van der Waals surface area contributed by atoms with Crippen molar-refractivity contribution in [1.82, 2.24) is 10.2 Å². The molecule has 0 radical (unpaired) electrons. The SMILES string of the molecule is CCNC(=O)CN(CC)C(=O)C(C)S. The molecule has 0 saturated carbocycles. The first-order chi connectivity index (χ1) is 6.52. The molecular weight excluding hydrogens is 200 g/mol. The minimum Gasteiger partial charge on any atom is -0.355 e. The van der Waals surface area contributed by atoms with Crippen LogP contribution in [0.4, 0.5) is 0 Å². The van der Waals surface area contributed by atoms with E-state index >= 15 is 0 Å². The minimum absolute atomic E-state index is 0.109. The fourth-order valence-electron chi connectivity index (χ4n) is 1.04. The topological polar surface area (TPSA) is 49.4 Å². The summed E-state index contributed by atoms with van der Waals surface area (Å²) in [7, 11) is 0. The largest absolute Gasteiger partial charge is 0.355 e. The first-order valence-corrected chi connectivity index (χ1v) is 5.28. The lowest BCUT2D eigenvalue weighted by Crippen LogP contribution is -2.43. The summed E-state index contributed by atoms with van der Waals surface area (Å²) in [6, 6.07) is 0. The van der Waals surface area contributed by atoms with Crippen molar-refractivity contribution >= 4 is 24.4 Å². The van der Waals surface area contributed by atoms with E-state index < -0.39 is 0 Å². The van der Waals surface area contributed by atoms with E-state index in [4.69, 9.17) is 0 Å². The molecule has 0 aliphatic heterocycles. The number of carbonyl (C=O) groups excluding carboxylic acids is 2. The van der Waals surface area contributed by atoms with Crippen LogP contribution >= 0.6 is 12.6 Å². The van der Waals surface area contributed by atoms with E-state index in [0.29, 0.717) is 13.1 Å². The number of likely N-dealkylation sites (N-methyl/N-ethyl adjacent to an activating group) is 2. The zero-order valence-electron chi connectivity index (χ0n) is 8.91. The van der Waals surface area contributed by atoms with E-state index in [9.17, 15) is 9.59 Å². The van der Waals surface area contributed by atoms with Crippen molar-refractivity contribution < 1.29 is 9.59 Å². The Labute approximate surface area is 90.4 Å². The van der Waals surface area contributed by atoms with Crippen LogP contribution in [0.3, 0.4) is 0 Å². The fraction of sp³-hybridized carbons (Fsp3) is 0.778. The fourth-order valence-corrected chi connectivity index (χ4v) is 1.20. The normalized spacial score (nSPS) is 12.0. The third-order valence-electron chi connectivity index (χ3n) is 1.76. The molecule has 82 valence electrons. The summed E-state index contributed by atoms with van der Waals surface area (Å²) >= 11 is 4.04. The number of hydrogen-bond acceptors (Lipinski definition) is 3. The number of nitrogens with zero attached hydrogens (tertiary/aromatic N) is 1. The van der Waals surface area contributed by atoms with Crippen molar-refractivity contribution in [3.05, 3.63) is 0 Å². The molecule has 1 unspecified atom stereocenters. The average molecular weight is 218 g/mol. The Kier molecular flexibility index (Phi) is 6.36. The van der Waals surface area contributed by atoms with Crippen molar-refractivity contribution in [2.24, 2.45) is 0 Å². The highest BCUT2D eigenvalue weighted by atomic mass is 32.1. The van der Waals surface area contributed by atoms with Crippen LogP contribution in [-0.4, -0.2) is 41.6 Å². The van der Waals surface area contributed by atoms with E-state index in [0.717, 1.165) is 0 Å². The van der Waals surface area contributed by atoms with Crippen LogP contribution in [0.5, 0.6) is 0 Å². The first kappa shape index (κ1) is 13.3. The van der Waals surface area contributed by atoms with Gasteiger partial charge in [0.15, 0.2) is 0 Å². The second-order valence-corrected chi connectivity index (χ2v) is 3.76. The summed E-state index contributed by atoms with van der Waals surface area (Å²) in [4.78, 5) is 24.2. The summed E-state index contributed by atoms with van der Waals surface area (Å²) in [5.41, 5.74) is 0. The second kappa shape index (κ2) is 6.70. The molecule has 0 heterocycles. The molecule has 0 aromatic rings. The van der Waals surface area contributed by atoms with E-state index in [1.54, 1.807) is 6.92 Å². The lowest BCUT2D eigenvalue weighted by molar-refractivity contribution is -0.135. The van der Waals surface area contributed by atoms with E-state index in [-0.39, 0.29) is 23.6 Å². The molecule has 0 aromatic heterocycles. The minimum atomic E-state index is -0.357. The predicted octanol–water partition coefficient (Wildman–Crippen LogP) is 0.289. The number of thiol groups is 1. The Hall–Kier alpha value is -0.710.